The Morgan fingerprint density at radius 2 is 1.73 bits per heavy atom. The molecule has 0 saturated heterocycles. The van der Waals surface area contributed by atoms with E-state index in [2.05, 4.69) is 0 Å². The van der Waals surface area contributed by atoms with Crippen LogP contribution >= 0.6 is 0 Å². The fraction of sp³-hybridized carbons (Fsp3) is 0.370. The number of anilines is 1. The molecule has 1 aromatic heterocycles. The number of hydrogen-bond acceptors (Lipinski definition) is 6. The number of carbonyl (C=O) groups is 1. The number of nitrogens with zero attached hydrogens (tertiary/aromatic N) is 2. The van der Waals surface area contributed by atoms with Gasteiger partial charge in [0.2, 0.25) is 0 Å². The van der Waals surface area contributed by atoms with E-state index in [4.69, 9.17) is 9.47 Å². The molecule has 0 fully saturated rings. The largest absolute Gasteiger partial charge is 0.495 e. The number of carbonyl (C=O) groups excluding carboxylic acids is 1. The molecule has 0 N–H and O–H groups in total. The minimum atomic E-state index is -3.32. The van der Waals surface area contributed by atoms with E-state index in [1.807, 2.05) is 11.0 Å². The van der Waals surface area contributed by atoms with Crippen LogP contribution in [0.25, 0.3) is 11.3 Å². The van der Waals surface area contributed by atoms with Crippen molar-refractivity contribution >= 4 is 21.6 Å². The quantitative estimate of drug-likeness (QED) is 0.468. The van der Waals surface area contributed by atoms with Crippen LogP contribution in [0.3, 0.4) is 0 Å². The maximum Gasteiger partial charge on any atom is 0.419 e. The second-order valence-electron chi connectivity index (χ2n) is 10.3. The second kappa shape index (κ2) is 8.86. The number of ether oxygens (including phenoxy) is 2. The Morgan fingerprint density at radius 1 is 1.03 bits per heavy atom. The van der Waals surface area contributed by atoms with E-state index in [1.54, 1.807) is 32.9 Å². The molecular weight excluding hydrogens is 502 g/mol. The molecule has 0 saturated carbocycles. The van der Waals surface area contributed by atoms with Gasteiger partial charge < -0.3 is 14.4 Å². The summed E-state index contributed by atoms with van der Waals surface area (Å²) in [5.74, 6) is -1.06. The van der Waals surface area contributed by atoms with Gasteiger partial charge in [-0.15, -0.1) is 0 Å². The lowest BCUT2D eigenvalue weighted by molar-refractivity contribution is 0.0535. The monoisotopic (exact) mass is 530 g/mol. The molecule has 0 amide bonds. The molecule has 0 bridgehead atoms. The molecule has 5 rings (SSSR count). The topological polar surface area (TPSA) is 77.8 Å². The predicted molar refractivity (Wildman–Crippen MR) is 135 cm³/mol. The van der Waals surface area contributed by atoms with Gasteiger partial charge in [-0.2, -0.15) is 0 Å². The third-order valence-corrected chi connectivity index (χ3v) is 8.44. The summed E-state index contributed by atoms with van der Waals surface area (Å²) < 4.78 is 66.8. The molecule has 10 heteroatoms. The minimum Gasteiger partial charge on any atom is -0.495 e. The fourth-order valence-corrected chi connectivity index (χ4v) is 6.58. The zero-order valence-corrected chi connectivity index (χ0v) is 21.9. The predicted octanol–water partition coefficient (Wildman–Crippen LogP) is 5.12. The van der Waals surface area contributed by atoms with Crippen LogP contribution in [0.15, 0.2) is 41.3 Å². The summed E-state index contributed by atoms with van der Waals surface area (Å²) in [7, 11) is -1.84. The number of methoxy groups -OCH3 is 1. The van der Waals surface area contributed by atoms with Crippen molar-refractivity contribution in [3.63, 3.8) is 0 Å². The minimum absolute atomic E-state index is 0.0649. The first-order chi connectivity index (χ1) is 17.4. The highest BCUT2D eigenvalue weighted by Crippen LogP contribution is 2.41. The van der Waals surface area contributed by atoms with Gasteiger partial charge in [-0.3, -0.25) is 0 Å². The van der Waals surface area contributed by atoms with Crippen molar-refractivity contribution in [3.05, 3.63) is 64.9 Å². The summed E-state index contributed by atoms with van der Waals surface area (Å²) in [5, 5.41) is 0. The summed E-state index contributed by atoms with van der Waals surface area (Å²) >= 11 is 0. The third kappa shape index (κ3) is 4.47. The number of halogens is 2. The highest BCUT2D eigenvalue weighted by molar-refractivity contribution is 7.91. The molecule has 0 atom stereocenters. The van der Waals surface area contributed by atoms with Gasteiger partial charge in [0.1, 0.15) is 23.0 Å². The lowest BCUT2D eigenvalue weighted by Crippen LogP contribution is -2.34. The van der Waals surface area contributed by atoms with E-state index in [0.29, 0.717) is 47.8 Å². The van der Waals surface area contributed by atoms with Crippen molar-refractivity contribution in [2.75, 3.05) is 24.3 Å². The van der Waals surface area contributed by atoms with Crippen molar-refractivity contribution in [3.8, 4) is 17.0 Å². The molecule has 7 nitrogen and oxygen atoms in total. The molecule has 0 aliphatic carbocycles. The van der Waals surface area contributed by atoms with Gasteiger partial charge >= 0.3 is 6.09 Å². The maximum atomic E-state index is 14.8. The highest BCUT2D eigenvalue weighted by atomic mass is 32.2. The Labute approximate surface area is 214 Å². The van der Waals surface area contributed by atoms with Crippen LogP contribution in [0.1, 0.15) is 37.6 Å². The Kier molecular flexibility index (Phi) is 6.05. The number of hydrogen-bond donors (Lipinski definition) is 0. The average molecular weight is 531 g/mol. The van der Waals surface area contributed by atoms with Crippen molar-refractivity contribution in [1.82, 2.24) is 4.57 Å². The lowest BCUT2D eigenvalue weighted by atomic mass is 10.0. The van der Waals surface area contributed by atoms with Crippen molar-refractivity contribution in [1.29, 1.82) is 0 Å². The Hall–Kier alpha value is -3.40. The zero-order valence-electron chi connectivity index (χ0n) is 21.1. The van der Waals surface area contributed by atoms with Gasteiger partial charge in [-0.05, 0) is 62.6 Å². The van der Waals surface area contributed by atoms with Crippen molar-refractivity contribution < 1.29 is 31.5 Å². The zero-order chi connectivity index (χ0) is 26.7. The Bertz CT molecular complexity index is 1500. The fourth-order valence-electron chi connectivity index (χ4n) is 5.03. The first-order valence-corrected chi connectivity index (χ1v) is 13.6. The first-order valence-electron chi connectivity index (χ1n) is 12.0. The van der Waals surface area contributed by atoms with Crippen molar-refractivity contribution in [2.24, 2.45) is 0 Å². The van der Waals surface area contributed by atoms with Gasteiger partial charge in [0, 0.05) is 31.3 Å². The SMILES string of the molecule is COc1cc2c(cc1N1CCc3c(cc(-c4c(F)cccc4F)n3C(=O)OC(C)(C)C)C1)CCS2(=O)=O. The van der Waals surface area contributed by atoms with Crippen LogP contribution in [0.2, 0.25) is 0 Å². The molecule has 196 valence electrons. The average Bonchev–Trinajstić information content (AvgIpc) is 3.33. The Morgan fingerprint density at radius 3 is 2.38 bits per heavy atom. The first kappa shape index (κ1) is 25.3. The highest BCUT2D eigenvalue weighted by Gasteiger charge is 2.33. The van der Waals surface area contributed by atoms with E-state index in [0.717, 1.165) is 23.4 Å². The maximum absolute atomic E-state index is 14.8. The standard InChI is InChI=1S/C27H28F2N2O5S/c1-27(2,3)36-26(32)31-20-8-10-30(15-17(20)13-22(31)25-18(28)6-5-7-19(25)29)21-12-16-9-11-37(33,34)24(16)14-23(21)35-4/h5-7,12-14H,8-11,15H2,1-4H3. The van der Waals surface area contributed by atoms with Crippen LogP contribution in [-0.4, -0.2) is 44.1 Å². The molecule has 0 radical (unpaired) electrons. The summed E-state index contributed by atoms with van der Waals surface area (Å²) in [4.78, 5) is 15.6. The third-order valence-electron chi connectivity index (χ3n) is 6.65. The van der Waals surface area contributed by atoms with Crippen LogP contribution < -0.4 is 9.64 Å². The Balaban J connectivity index is 1.60. The number of fused-ring (bicyclic) bond motifs is 2. The molecule has 2 aliphatic rings. The van der Waals surface area contributed by atoms with E-state index in [-0.39, 0.29) is 17.0 Å². The van der Waals surface area contributed by atoms with Crippen LogP contribution in [0, 0.1) is 11.6 Å². The van der Waals surface area contributed by atoms with Crippen LogP contribution in [0.4, 0.5) is 19.3 Å². The molecule has 2 aromatic carbocycles. The van der Waals surface area contributed by atoms with Gasteiger partial charge in [-0.25, -0.2) is 26.6 Å². The van der Waals surface area contributed by atoms with Crippen LogP contribution in [-0.2, 0) is 34.0 Å². The number of benzene rings is 2. The number of aromatic nitrogens is 1. The van der Waals surface area contributed by atoms with E-state index < -0.39 is 33.2 Å². The van der Waals surface area contributed by atoms with Gasteiger partial charge in [-0.1, -0.05) is 6.07 Å². The molecule has 0 spiro atoms. The summed E-state index contributed by atoms with van der Waals surface area (Å²) in [6.45, 7) is 5.99. The molecule has 2 aliphatic heterocycles. The van der Waals surface area contributed by atoms with Gasteiger partial charge in [0.15, 0.2) is 9.84 Å². The van der Waals surface area contributed by atoms with E-state index in [9.17, 15) is 22.0 Å². The molecule has 3 aromatic rings. The van der Waals surface area contributed by atoms with Gasteiger partial charge in [0.05, 0.1) is 34.7 Å². The van der Waals surface area contributed by atoms with E-state index >= 15 is 0 Å². The smallest absolute Gasteiger partial charge is 0.419 e. The number of sulfone groups is 1. The molecule has 0 unspecified atom stereocenters. The van der Waals surface area contributed by atoms with Crippen LogP contribution in [0.5, 0.6) is 5.75 Å². The molecule has 3 heterocycles. The van der Waals surface area contributed by atoms with Crippen molar-refractivity contribution in [2.45, 2.75) is 50.7 Å². The normalized spacial score (nSPS) is 16.3. The van der Waals surface area contributed by atoms with E-state index in [1.165, 1.54) is 17.7 Å². The second-order valence-corrected chi connectivity index (χ2v) is 12.4. The molecule has 37 heavy (non-hydrogen) atoms. The molecular formula is C27H28F2N2O5S. The lowest BCUT2D eigenvalue weighted by Gasteiger charge is -2.31. The van der Waals surface area contributed by atoms with Gasteiger partial charge in [0.25, 0.3) is 0 Å². The number of aryl methyl sites for hydroxylation is 1. The summed E-state index contributed by atoms with van der Waals surface area (Å²) in [6.07, 6.45) is 0.114. The summed E-state index contributed by atoms with van der Waals surface area (Å²) in [6, 6.07) is 8.61. The number of rotatable bonds is 3. The summed E-state index contributed by atoms with van der Waals surface area (Å²) in [5.41, 5.74) is 1.78.